The number of carboxylic acid groups (broad SMARTS) is 1. The van der Waals surface area contributed by atoms with E-state index in [0.717, 1.165) is 19.4 Å². The molecule has 4 nitrogen and oxygen atoms in total. The van der Waals surface area contributed by atoms with Crippen LogP contribution < -0.4 is 0 Å². The van der Waals surface area contributed by atoms with E-state index < -0.39 is 5.97 Å². The SMILES string of the molecule is COC1C=CC(C2C=C(C)C(C3C=NCCC3)CC2)C(CCC(=O)O)C1. The van der Waals surface area contributed by atoms with Crippen molar-refractivity contribution in [2.45, 2.75) is 58.0 Å². The van der Waals surface area contributed by atoms with Crippen molar-refractivity contribution in [2.75, 3.05) is 13.7 Å². The van der Waals surface area contributed by atoms with Crippen molar-refractivity contribution in [3.05, 3.63) is 23.8 Å². The van der Waals surface area contributed by atoms with Crippen molar-refractivity contribution in [1.82, 2.24) is 0 Å². The summed E-state index contributed by atoms with van der Waals surface area (Å²) >= 11 is 0. The number of nitrogens with zero attached hydrogens (tertiary/aromatic N) is 1. The highest BCUT2D eigenvalue weighted by atomic mass is 16.5. The highest BCUT2D eigenvalue weighted by Gasteiger charge is 2.35. The Labute approximate surface area is 157 Å². The summed E-state index contributed by atoms with van der Waals surface area (Å²) in [5.74, 6) is 1.93. The Balaban J connectivity index is 1.71. The molecule has 0 aromatic carbocycles. The Morgan fingerprint density at radius 2 is 2.12 bits per heavy atom. The van der Waals surface area contributed by atoms with Gasteiger partial charge in [0, 0.05) is 32.2 Å². The first kappa shape index (κ1) is 19.3. The van der Waals surface area contributed by atoms with Crippen LogP contribution in [0.3, 0.4) is 0 Å². The van der Waals surface area contributed by atoms with Gasteiger partial charge in [-0.1, -0.05) is 23.8 Å². The lowest BCUT2D eigenvalue weighted by molar-refractivity contribution is -0.137. The van der Waals surface area contributed by atoms with E-state index in [9.17, 15) is 4.79 Å². The molecular weight excluding hydrogens is 326 g/mol. The van der Waals surface area contributed by atoms with Crippen molar-refractivity contribution >= 4 is 12.2 Å². The number of carboxylic acids is 1. The summed E-state index contributed by atoms with van der Waals surface area (Å²) in [6.07, 6.45) is 16.2. The number of allylic oxidation sites excluding steroid dienone is 3. The molecule has 0 aromatic rings. The van der Waals surface area contributed by atoms with E-state index in [1.165, 1.54) is 31.3 Å². The molecule has 6 unspecified atom stereocenters. The maximum atomic E-state index is 11.1. The molecule has 3 aliphatic rings. The minimum Gasteiger partial charge on any atom is -0.481 e. The van der Waals surface area contributed by atoms with Gasteiger partial charge in [0.1, 0.15) is 0 Å². The van der Waals surface area contributed by atoms with Gasteiger partial charge in [-0.3, -0.25) is 9.79 Å². The third-order valence-electron chi connectivity index (χ3n) is 6.66. The number of ether oxygens (including phenoxy) is 1. The molecule has 0 saturated carbocycles. The first-order chi connectivity index (χ1) is 12.6. The number of carbonyl (C=O) groups is 1. The van der Waals surface area contributed by atoms with Crippen LogP contribution in [0.4, 0.5) is 0 Å². The van der Waals surface area contributed by atoms with Crippen LogP contribution in [0.25, 0.3) is 0 Å². The first-order valence-electron chi connectivity index (χ1n) is 10.2. The van der Waals surface area contributed by atoms with Crippen LogP contribution in [0.2, 0.25) is 0 Å². The first-order valence-corrected chi connectivity index (χ1v) is 10.2. The van der Waals surface area contributed by atoms with E-state index in [4.69, 9.17) is 9.84 Å². The molecule has 1 heterocycles. The quantitative estimate of drug-likeness (QED) is 0.710. The zero-order chi connectivity index (χ0) is 18.5. The Morgan fingerprint density at radius 3 is 2.77 bits per heavy atom. The van der Waals surface area contributed by atoms with Crippen molar-refractivity contribution in [1.29, 1.82) is 0 Å². The third-order valence-corrected chi connectivity index (χ3v) is 6.66. The minimum atomic E-state index is -0.695. The molecule has 0 spiro atoms. The van der Waals surface area contributed by atoms with Gasteiger partial charge in [0.25, 0.3) is 0 Å². The number of methoxy groups -OCH3 is 1. The average molecular weight is 360 g/mol. The largest absolute Gasteiger partial charge is 0.481 e. The number of aliphatic imine (C=N–C) groups is 1. The summed E-state index contributed by atoms with van der Waals surface area (Å²) in [6, 6.07) is 0. The lowest BCUT2D eigenvalue weighted by atomic mass is 9.66. The van der Waals surface area contributed by atoms with Crippen molar-refractivity contribution in [2.24, 2.45) is 34.6 Å². The van der Waals surface area contributed by atoms with Crippen LogP contribution in [-0.4, -0.2) is 37.0 Å². The van der Waals surface area contributed by atoms with Crippen LogP contribution in [0.15, 0.2) is 28.8 Å². The van der Waals surface area contributed by atoms with Gasteiger partial charge in [-0.15, -0.1) is 0 Å². The van der Waals surface area contributed by atoms with Gasteiger partial charge in [-0.2, -0.15) is 0 Å². The summed E-state index contributed by atoms with van der Waals surface area (Å²) in [5, 5.41) is 9.11. The molecule has 0 amide bonds. The van der Waals surface area contributed by atoms with Gasteiger partial charge >= 0.3 is 5.97 Å². The number of hydrogen-bond acceptors (Lipinski definition) is 3. The molecule has 6 atom stereocenters. The van der Waals surface area contributed by atoms with Gasteiger partial charge in [0.15, 0.2) is 0 Å². The van der Waals surface area contributed by atoms with Crippen molar-refractivity contribution < 1.29 is 14.6 Å². The highest BCUT2D eigenvalue weighted by Crippen LogP contribution is 2.43. The third kappa shape index (κ3) is 4.64. The Bertz CT molecular complexity index is 580. The van der Waals surface area contributed by atoms with E-state index in [-0.39, 0.29) is 12.5 Å². The Kier molecular flexibility index (Phi) is 6.68. The summed E-state index contributed by atoms with van der Waals surface area (Å²) in [6.45, 7) is 3.28. The lowest BCUT2D eigenvalue weighted by Crippen LogP contribution is -2.32. The van der Waals surface area contributed by atoms with Gasteiger partial charge in [-0.25, -0.2) is 0 Å². The lowest BCUT2D eigenvalue weighted by Gasteiger charge is -2.39. The van der Waals surface area contributed by atoms with Gasteiger partial charge in [0.2, 0.25) is 0 Å². The molecule has 1 N–H and O–H groups in total. The fraction of sp³-hybridized carbons (Fsp3) is 0.727. The second kappa shape index (κ2) is 8.98. The molecule has 26 heavy (non-hydrogen) atoms. The van der Waals surface area contributed by atoms with Crippen LogP contribution in [0, 0.1) is 29.6 Å². The van der Waals surface area contributed by atoms with E-state index in [1.54, 1.807) is 7.11 Å². The summed E-state index contributed by atoms with van der Waals surface area (Å²) < 4.78 is 5.52. The number of hydrogen-bond donors (Lipinski definition) is 1. The predicted molar refractivity (Wildman–Crippen MR) is 104 cm³/mol. The predicted octanol–water partition coefficient (Wildman–Crippen LogP) is 4.51. The van der Waals surface area contributed by atoms with Crippen LogP contribution in [0.5, 0.6) is 0 Å². The zero-order valence-corrected chi connectivity index (χ0v) is 16.1. The molecule has 0 fully saturated rings. The summed E-state index contributed by atoms with van der Waals surface area (Å²) in [4.78, 5) is 15.6. The molecule has 4 heteroatoms. The van der Waals surface area contributed by atoms with E-state index in [1.807, 2.05) is 0 Å². The molecule has 0 aromatic heterocycles. The van der Waals surface area contributed by atoms with Crippen LogP contribution in [0.1, 0.15) is 51.9 Å². The van der Waals surface area contributed by atoms with Crippen LogP contribution >= 0.6 is 0 Å². The number of rotatable bonds is 6. The fourth-order valence-corrected chi connectivity index (χ4v) is 5.24. The smallest absolute Gasteiger partial charge is 0.303 e. The maximum absolute atomic E-state index is 11.1. The fourth-order valence-electron chi connectivity index (χ4n) is 5.24. The Hall–Kier alpha value is -1.42. The molecule has 0 radical (unpaired) electrons. The molecule has 0 bridgehead atoms. The normalized spacial score (nSPS) is 37.4. The number of aliphatic carboxylic acids is 1. The van der Waals surface area contributed by atoms with Gasteiger partial charge < -0.3 is 9.84 Å². The molecular formula is C22H33NO3. The molecule has 2 aliphatic carbocycles. The average Bonchev–Trinajstić information content (AvgIpc) is 2.66. The van der Waals surface area contributed by atoms with E-state index in [0.29, 0.717) is 29.6 Å². The van der Waals surface area contributed by atoms with Crippen molar-refractivity contribution in [3.63, 3.8) is 0 Å². The second-order valence-electron chi connectivity index (χ2n) is 8.28. The van der Waals surface area contributed by atoms with Crippen molar-refractivity contribution in [3.8, 4) is 0 Å². The summed E-state index contributed by atoms with van der Waals surface area (Å²) in [7, 11) is 1.74. The molecule has 144 valence electrons. The highest BCUT2D eigenvalue weighted by molar-refractivity contribution is 5.66. The monoisotopic (exact) mass is 359 g/mol. The molecule has 0 saturated heterocycles. The maximum Gasteiger partial charge on any atom is 0.303 e. The van der Waals surface area contributed by atoms with Crippen LogP contribution in [-0.2, 0) is 9.53 Å². The van der Waals surface area contributed by atoms with E-state index >= 15 is 0 Å². The van der Waals surface area contributed by atoms with Gasteiger partial charge in [0.05, 0.1) is 6.10 Å². The second-order valence-corrected chi connectivity index (χ2v) is 8.28. The van der Waals surface area contributed by atoms with Gasteiger partial charge in [-0.05, 0) is 69.1 Å². The summed E-state index contributed by atoms with van der Waals surface area (Å²) in [5.41, 5.74) is 1.51. The van der Waals surface area contributed by atoms with E-state index in [2.05, 4.69) is 36.4 Å². The zero-order valence-electron chi connectivity index (χ0n) is 16.1. The Morgan fingerprint density at radius 1 is 1.27 bits per heavy atom. The standard InChI is InChI=1S/C22H33NO3/c1-15-12-16(5-8-20(15)18-4-3-11-23-14-18)21-9-7-19(26-2)13-17(21)6-10-22(24)25/h7,9,12,14,16-21H,3-6,8,10-11,13H2,1-2H3,(H,24,25). The molecule has 1 aliphatic heterocycles. The molecule has 3 rings (SSSR count). The minimum absolute atomic E-state index is 0.130. The topological polar surface area (TPSA) is 58.9 Å².